The molecule has 0 aliphatic heterocycles. The van der Waals surface area contributed by atoms with E-state index in [-0.39, 0.29) is 62.7 Å². The third-order valence-electron chi connectivity index (χ3n) is 4.48. The van der Waals surface area contributed by atoms with Crippen LogP contribution in [0.25, 0.3) is 10.9 Å². The third kappa shape index (κ3) is 6.09. The van der Waals surface area contributed by atoms with Crippen molar-refractivity contribution in [3.05, 3.63) is 90.8 Å². The first kappa shape index (κ1) is 24.4. The number of nitrogens with zero attached hydrogens (tertiary/aromatic N) is 2. The first-order valence-electron chi connectivity index (χ1n) is 9.36. The van der Waals surface area contributed by atoms with Crippen molar-refractivity contribution < 1.29 is 60.7 Å². The minimum Gasteiger partial charge on any atom is -0.470 e. The summed E-state index contributed by atoms with van der Waals surface area (Å²) < 4.78 is 6.85. The number of amides is 1. The summed E-state index contributed by atoms with van der Waals surface area (Å²) in [4.78, 5) is 12.4. The molecule has 0 atom stereocenters. The largest absolute Gasteiger partial charge is 1.00 e. The average Bonchev–Trinajstić information content (AvgIpc) is 3.33. The molecule has 30 heavy (non-hydrogen) atoms. The zero-order valence-corrected chi connectivity index (χ0v) is 21.3. The summed E-state index contributed by atoms with van der Waals surface area (Å²) in [6.45, 7) is 10.0. The van der Waals surface area contributed by atoms with Crippen LogP contribution in [0.5, 0.6) is 0 Å². The Balaban J connectivity index is 0.000000272. The summed E-state index contributed by atoms with van der Waals surface area (Å²) >= 11 is 0. The van der Waals surface area contributed by atoms with Crippen molar-refractivity contribution in [2.24, 2.45) is 7.05 Å². The van der Waals surface area contributed by atoms with Gasteiger partial charge in [0, 0.05) is 29.8 Å². The van der Waals surface area contributed by atoms with E-state index in [2.05, 4.69) is 44.4 Å². The molecule has 0 radical (unpaired) electrons. The van der Waals surface area contributed by atoms with Gasteiger partial charge in [-0.2, -0.15) is 30.7 Å². The summed E-state index contributed by atoms with van der Waals surface area (Å²) in [7, 11) is 1.94. The molecular formula is C24H25KN3O2-. The van der Waals surface area contributed by atoms with Crippen LogP contribution in [0.3, 0.4) is 0 Å². The average molecular weight is 427 g/mol. The smallest absolute Gasteiger partial charge is 0.470 e. The molecule has 6 heteroatoms. The fourth-order valence-corrected chi connectivity index (χ4v) is 2.85. The molecule has 0 aliphatic carbocycles. The molecule has 0 bridgehead atoms. The fraction of sp³-hybridized carbons (Fsp3) is 0.208. The topological polar surface area (TPSA) is 60.1 Å². The Hall–Kier alpha value is -1.83. The number of carbonyl (C=O) groups is 1. The van der Waals surface area contributed by atoms with Gasteiger partial charge in [0.15, 0.2) is 0 Å². The van der Waals surface area contributed by atoms with Crippen LogP contribution in [0, 0.1) is 13.1 Å². The van der Waals surface area contributed by atoms with Crippen LogP contribution >= 0.6 is 0 Å². The molecule has 0 unspecified atom stereocenters. The summed E-state index contributed by atoms with van der Waals surface area (Å²) in [6.07, 6.45) is 4.48. The van der Waals surface area contributed by atoms with Crippen LogP contribution < -0.4 is 56.7 Å². The molecule has 5 nitrogen and oxygen atoms in total. The maximum absolute atomic E-state index is 12.4. The second kappa shape index (κ2) is 10.5. The van der Waals surface area contributed by atoms with Gasteiger partial charge in [-0.25, -0.2) is 5.16 Å². The van der Waals surface area contributed by atoms with E-state index in [1.165, 1.54) is 0 Å². The van der Waals surface area contributed by atoms with E-state index in [4.69, 9.17) is 4.52 Å². The molecule has 0 saturated heterocycles. The van der Waals surface area contributed by atoms with Crippen LogP contribution in [0.15, 0.2) is 65.3 Å². The maximum atomic E-state index is 12.4. The van der Waals surface area contributed by atoms with Gasteiger partial charge in [0.2, 0.25) is 0 Å². The Morgan fingerprint density at radius 3 is 2.37 bits per heavy atom. The second-order valence-corrected chi connectivity index (χ2v) is 7.89. The second-order valence-electron chi connectivity index (χ2n) is 7.89. The molecule has 0 spiro atoms. The Morgan fingerprint density at radius 2 is 1.80 bits per heavy atom. The van der Waals surface area contributed by atoms with Gasteiger partial charge in [0.05, 0.1) is 5.56 Å². The number of carbonyl (C=O) groups excluding carboxylic acids is 1. The predicted molar refractivity (Wildman–Crippen MR) is 116 cm³/mol. The Labute approximate surface area is 220 Å². The first-order chi connectivity index (χ1) is 13.8. The van der Waals surface area contributed by atoms with Crippen molar-refractivity contribution in [3.63, 3.8) is 0 Å². The summed E-state index contributed by atoms with van der Waals surface area (Å²) in [5, 5.41) is 7.36. The molecule has 0 aliphatic rings. The minimum absolute atomic E-state index is 0. The van der Waals surface area contributed by atoms with Gasteiger partial charge in [-0.05, 0) is 17.2 Å². The van der Waals surface area contributed by atoms with Crippen molar-refractivity contribution >= 4 is 22.5 Å². The minimum atomic E-state index is -0.0985. The Kier molecular flexibility index (Phi) is 8.52. The van der Waals surface area contributed by atoms with E-state index < -0.39 is 0 Å². The molecule has 0 fully saturated rings. The standard InChI is InChI=1S/C17H15N2O.C7H10NO.K/c1-12-7-9-13(10-8-12)18-17(20)15-11-19(2)16-6-4-3-5-14(15)16;1-7(2,3)6-4-5-8-9-6;/h3-11H,1H2,2H3,(H,18,20);4H,1-3H3;/q2*-1;+1. The molecule has 2 aromatic heterocycles. The van der Waals surface area contributed by atoms with Gasteiger partial charge < -0.3 is 14.4 Å². The van der Waals surface area contributed by atoms with E-state index in [1.54, 1.807) is 6.07 Å². The van der Waals surface area contributed by atoms with E-state index in [0.29, 0.717) is 5.56 Å². The van der Waals surface area contributed by atoms with E-state index in [1.807, 2.05) is 66.3 Å². The number of para-hydroxylation sites is 1. The Morgan fingerprint density at radius 1 is 1.13 bits per heavy atom. The number of aryl methyl sites for hydroxylation is 1. The van der Waals surface area contributed by atoms with Crippen LogP contribution in [-0.2, 0) is 12.5 Å². The summed E-state index contributed by atoms with van der Waals surface area (Å²) in [6, 6.07) is 17.1. The van der Waals surface area contributed by atoms with Gasteiger partial charge in [0.1, 0.15) is 0 Å². The van der Waals surface area contributed by atoms with Crippen molar-refractivity contribution in [1.82, 2.24) is 9.72 Å². The summed E-state index contributed by atoms with van der Waals surface area (Å²) in [5.74, 6) is 0.779. The SMILES string of the molecule is CC(C)(C)c1c[c-]no1.[CH2-]c1ccc(NC(=O)c2cn(C)c3ccccc23)cc1.[K+]. The van der Waals surface area contributed by atoms with Crippen molar-refractivity contribution in [1.29, 1.82) is 0 Å². The van der Waals surface area contributed by atoms with Crippen molar-refractivity contribution in [2.45, 2.75) is 26.2 Å². The maximum Gasteiger partial charge on any atom is 1.00 e. The van der Waals surface area contributed by atoms with Gasteiger partial charge >= 0.3 is 51.4 Å². The van der Waals surface area contributed by atoms with Crippen molar-refractivity contribution in [3.8, 4) is 0 Å². The fourth-order valence-electron chi connectivity index (χ4n) is 2.85. The van der Waals surface area contributed by atoms with Gasteiger partial charge in [-0.1, -0.05) is 51.1 Å². The molecular weight excluding hydrogens is 401 g/mol. The zero-order chi connectivity index (χ0) is 21.0. The predicted octanol–water partition coefficient (Wildman–Crippen LogP) is 2.39. The number of rotatable bonds is 2. The molecule has 4 aromatic rings. The molecule has 4 rings (SSSR count). The van der Waals surface area contributed by atoms with Crippen LogP contribution in [0.2, 0.25) is 0 Å². The van der Waals surface area contributed by atoms with Gasteiger partial charge in [-0.3, -0.25) is 4.79 Å². The third-order valence-corrected chi connectivity index (χ3v) is 4.48. The van der Waals surface area contributed by atoms with Crippen LogP contribution in [0.4, 0.5) is 5.69 Å². The van der Waals surface area contributed by atoms with Gasteiger partial charge in [-0.15, -0.1) is 6.20 Å². The number of hydrogen-bond donors (Lipinski definition) is 1. The number of benzene rings is 2. The number of anilines is 1. The van der Waals surface area contributed by atoms with Crippen LogP contribution in [-0.4, -0.2) is 15.6 Å². The monoisotopic (exact) mass is 426 g/mol. The Bertz CT molecular complexity index is 1090. The van der Waals surface area contributed by atoms with Crippen LogP contribution in [0.1, 0.15) is 42.5 Å². The number of nitrogens with one attached hydrogen (secondary N) is 1. The van der Waals surface area contributed by atoms with E-state index in [0.717, 1.165) is 27.9 Å². The van der Waals surface area contributed by atoms with Crippen molar-refractivity contribution in [2.75, 3.05) is 5.32 Å². The van der Waals surface area contributed by atoms with Gasteiger partial charge in [0.25, 0.3) is 5.91 Å². The zero-order valence-electron chi connectivity index (χ0n) is 18.2. The molecule has 1 N–H and O–H groups in total. The molecule has 150 valence electrons. The quantitative estimate of drug-likeness (QED) is 0.396. The molecule has 1 amide bonds. The number of aromatic nitrogens is 2. The molecule has 2 aromatic carbocycles. The molecule has 0 saturated carbocycles. The normalized spacial score (nSPS) is 10.7. The number of hydrogen-bond acceptors (Lipinski definition) is 3. The molecule has 2 heterocycles. The number of fused-ring (bicyclic) bond motifs is 1. The van der Waals surface area contributed by atoms with E-state index in [9.17, 15) is 4.79 Å². The first-order valence-corrected chi connectivity index (χ1v) is 9.36. The van der Waals surface area contributed by atoms with E-state index >= 15 is 0 Å². The summed E-state index contributed by atoms with van der Waals surface area (Å²) in [5.41, 5.74) is 3.49.